The molecule has 1 amide bonds. The molecule has 1 aliphatic carbocycles. The molecule has 2 unspecified atom stereocenters. The highest BCUT2D eigenvalue weighted by molar-refractivity contribution is 7.89. The quantitative estimate of drug-likeness (QED) is 0.344. The smallest absolute Gasteiger partial charge is 0.289 e. The molecule has 0 radical (unpaired) electrons. The van der Waals surface area contributed by atoms with Gasteiger partial charge < -0.3 is 11.1 Å². The van der Waals surface area contributed by atoms with E-state index in [2.05, 4.69) is 10.0 Å². The Morgan fingerprint density at radius 2 is 2.00 bits per heavy atom. The third-order valence-electron chi connectivity index (χ3n) is 4.64. The highest BCUT2D eigenvalue weighted by Gasteiger charge is 2.37. The van der Waals surface area contributed by atoms with Crippen LogP contribution >= 0.6 is 12.4 Å². The Hall–Kier alpha value is -1.75. The molecule has 1 aromatic rings. The standard InChI is InChI=1S/C16H24N4O5S.ClH/c1-16(17)9-5-4-6-12(16)15(21)18-10-11-19-26(24,25)14-8-3-2-7-13(14)20(22)23;/h2-3,7-8,12,19H,4-6,9-11,17H2,1H3,(H,18,21);1H. The summed E-state index contributed by atoms with van der Waals surface area (Å²) < 4.78 is 26.8. The second kappa shape index (κ2) is 9.45. The van der Waals surface area contributed by atoms with Gasteiger partial charge in [-0.25, -0.2) is 13.1 Å². The molecule has 2 rings (SSSR count). The van der Waals surface area contributed by atoms with Crippen molar-refractivity contribution in [2.45, 2.75) is 43.0 Å². The number of carbonyl (C=O) groups excluding carboxylic acids is 1. The lowest BCUT2D eigenvalue weighted by Gasteiger charge is -2.37. The van der Waals surface area contributed by atoms with Crippen LogP contribution < -0.4 is 15.8 Å². The number of sulfonamides is 1. The molecule has 0 spiro atoms. The summed E-state index contributed by atoms with van der Waals surface area (Å²) in [4.78, 5) is 22.1. The number of carbonyl (C=O) groups is 1. The van der Waals surface area contributed by atoms with Gasteiger partial charge in [-0.3, -0.25) is 14.9 Å². The summed E-state index contributed by atoms with van der Waals surface area (Å²) in [6.45, 7) is 1.85. The van der Waals surface area contributed by atoms with Crippen molar-refractivity contribution in [3.8, 4) is 0 Å². The number of nitrogens with two attached hydrogens (primary N) is 1. The van der Waals surface area contributed by atoms with E-state index >= 15 is 0 Å². The summed E-state index contributed by atoms with van der Waals surface area (Å²) in [5.74, 6) is -0.498. The van der Waals surface area contributed by atoms with E-state index in [4.69, 9.17) is 5.73 Å². The maximum atomic E-state index is 12.3. The first-order chi connectivity index (χ1) is 12.1. The zero-order valence-corrected chi connectivity index (χ0v) is 16.6. The fraction of sp³-hybridized carbons (Fsp3) is 0.562. The minimum absolute atomic E-state index is 0. The van der Waals surface area contributed by atoms with Gasteiger partial charge in [0, 0.05) is 24.7 Å². The van der Waals surface area contributed by atoms with Crippen molar-refractivity contribution in [2.24, 2.45) is 11.7 Å². The molecule has 0 heterocycles. The summed E-state index contributed by atoms with van der Waals surface area (Å²) >= 11 is 0. The molecule has 4 N–H and O–H groups in total. The average Bonchev–Trinajstić information content (AvgIpc) is 2.58. The van der Waals surface area contributed by atoms with Crippen molar-refractivity contribution in [2.75, 3.05) is 13.1 Å². The first kappa shape index (κ1) is 23.3. The molecule has 0 aromatic heterocycles. The third-order valence-corrected chi connectivity index (χ3v) is 6.15. The Balaban J connectivity index is 0.00000364. The van der Waals surface area contributed by atoms with Crippen molar-refractivity contribution in [3.05, 3.63) is 34.4 Å². The van der Waals surface area contributed by atoms with Crippen molar-refractivity contribution in [1.82, 2.24) is 10.0 Å². The van der Waals surface area contributed by atoms with Gasteiger partial charge in [0.25, 0.3) is 5.69 Å². The van der Waals surface area contributed by atoms with E-state index in [1.54, 1.807) is 0 Å². The van der Waals surface area contributed by atoms with Crippen LogP contribution in [0.2, 0.25) is 0 Å². The van der Waals surface area contributed by atoms with Gasteiger partial charge in [-0.05, 0) is 25.8 Å². The Morgan fingerprint density at radius 1 is 1.33 bits per heavy atom. The number of benzene rings is 1. The molecule has 2 atom stereocenters. The Morgan fingerprint density at radius 3 is 2.63 bits per heavy atom. The van der Waals surface area contributed by atoms with Gasteiger partial charge in [-0.1, -0.05) is 25.0 Å². The SMILES string of the molecule is CC1(N)CCCCC1C(=O)NCCNS(=O)(=O)c1ccccc1[N+](=O)[O-].Cl. The molecule has 1 saturated carbocycles. The lowest BCUT2D eigenvalue weighted by Crippen LogP contribution is -2.53. The normalized spacial score (nSPS) is 22.5. The van der Waals surface area contributed by atoms with Gasteiger partial charge in [0.1, 0.15) is 0 Å². The van der Waals surface area contributed by atoms with Crippen molar-refractivity contribution < 1.29 is 18.1 Å². The summed E-state index contributed by atoms with van der Waals surface area (Å²) in [5.41, 5.74) is 5.12. The zero-order valence-electron chi connectivity index (χ0n) is 15.0. The van der Waals surface area contributed by atoms with Crippen LogP contribution in [0.3, 0.4) is 0 Å². The summed E-state index contributed by atoms with van der Waals surface area (Å²) in [6.07, 6.45) is 3.41. The molecule has 0 bridgehead atoms. The van der Waals surface area contributed by atoms with Crippen LogP contribution in [0.1, 0.15) is 32.6 Å². The van der Waals surface area contributed by atoms with Crippen molar-refractivity contribution in [1.29, 1.82) is 0 Å². The maximum absolute atomic E-state index is 12.3. The van der Waals surface area contributed by atoms with E-state index in [0.717, 1.165) is 25.3 Å². The molecular formula is C16H25ClN4O5S. The predicted molar refractivity (Wildman–Crippen MR) is 103 cm³/mol. The highest BCUT2D eigenvalue weighted by atomic mass is 35.5. The van der Waals surface area contributed by atoms with E-state index in [1.807, 2.05) is 6.92 Å². The molecule has 27 heavy (non-hydrogen) atoms. The first-order valence-corrected chi connectivity index (χ1v) is 9.93. The number of hydrogen-bond donors (Lipinski definition) is 3. The fourth-order valence-corrected chi connectivity index (χ4v) is 4.40. The molecule has 1 fully saturated rings. The Labute approximate surface area is 164 Å². The summed E-state index contributed by atoms with van der Waals surface area (Å²) in [7, 11) is -4.05. The molecule has 1 aromatic carbocycles. The maximum Gasteiger partial charge on any atom is 0.289 e. The third kappa shape index (κ3) is 5.86. The van der Waals surface area contributed by atoms with Crippen LogP contribution in [0.25, 0.3) is 0 Å². The first-order valence-electron chi connectivity index (χ1n) is 8.45. The summed E-state index contributed by atoms with van der Waals surface area (Å²) in [5, 5.41) is 13.7. The minimum atomic E-state index is -4.05. The molecule has 0 saturated heterocycles. The second-order valence-corrected chi connectivity index (χ2v) is 8.45. The number of nitro groups is 1. The number of rotatable bonds is 7. The number of nitro benzene ring substituents is 1. The number of hydrogen-bond acceptors (Lipinski definition) is 6. The van der Waals surface area contributed by atoms with Gasteiger partial charge >= 0.3 is 0 Å². The van der Waals surface area contributed by atoms with E-state index in [-0.39, 0.29) is 37.3 Å². The molecule has 1 aliphatic rings. The summed E-state index contributed by atoms with van der Waals surface area (Å²) in [6, 6.07) is 5.10. The number of para-hydroxylation sites is 1. The van der Waals surface area contributed by atoms with E-state index in [0.29, 0.717) is 6.42 Å². The number of nitrogens with one attached hydrogen (secondary N) is 2. The van der Waals surface area contributed by atoms with Crippen LogP contribution in [0.4, 0.5) is 5.69 Å². The van der Waals surface area contributed by atoms with Crippen LogP contribution in [-0.4, -0.2) is 37.9 Å². The Bertz CT molecular complexity index is 785. The van der Waals surface area contributed by atoms with Crippen molar-refractivity contribution in [3.63, 3.8) is 0 Å². The second-order valence-electron chi connectivity index (χ2n) is 6.72. The van der Waals surface area contributed by atoms with Crippen LogP contribution in [-0.2, 0) is 14.8 Å². The fourth-order valence-electron chi connectivity index (χ4n) is 3.20. The monoisotopic (exact) mass is 420 g/mol. The molecule has 9 nitrogen and oxygen atoms in total. The van der Waals surface area contributed by atoms with Gasteiger partial charge in [-0.15, -0.1) is 12.4 Å². The minimum Gasteiger partial charge on any atom is -0.354 e. The number of nitrogens with zero attached hydrogens (tertiary/aromatic N) is 1. The zero-order chi connectivity index (χ0) is 19.4. The Kier molecular flexibility index (Phi) is 8.15. The van der Waals surface area contributed by atoms with Crippen molar-refractivity contribution >= 4 is 34.0 Å². The molecule has 152 valence electrons. The predicted octanol–water partition coefficient (Wildman–Crippen LogP) is 1.32. The van der Waals surface area contributed by atoms with E-state index in [1.165, 1.54) is 18.2 Å². The van der Waals surface area contributed by atoms with Gasteiger partial charge in [-0.2, -0.15) is 0 Å². The molecule has 0 aliphatic heterocycles. The lowest BCUT2D eigenvalue weighted by atomic mass is 9.74. The topological polar surface area (TPSA) is 144 Å². The molecule has 11 heteroatoms. The van der Waals surface area contributed by atoms with Gasteiger partial charge in [0.15, 0.2) is 4.90 Å². The van der Waals surface area contributed by atoms with Gasteiger partial charge in [0.2, 0.25) is 15.9 Å². The highest BCUT2D eigenvalue weighted by Crippen LogP contribution is 2.31. The molecular weight excluding hydrogens is 396 g/mol. The average molecular weight is 421 g/mol. The lowest BCUT2D eigenvalue weighted by molar-refractivity contribution is -0.387. The number of amides is 1. The van der Waals surface area contributed by atoms with E-state index < -0.39 is 31.1 Å². The van der Waals surface area contributed by atoms with E-state index in [9.17, 15) is 23.3 Å². The van der Waals surface area contributed by atoms with Crippen LogP contribution in [0.5, 0.6) is 0 Å². The number of halogens is 1. The van der Waals surface area contributed by atoms with Crippen LogP contribution in [0, 0.1) is 16.0 Å². The van der Waals surface area contributed by atoms with Crippen LogP contribution in [0.15, 0.2) is 29.2 Å². The largest absolute Gasteiger partial charge is 0.354 e. The van der Waals surface area contributed by atoms with Gasteiger partial charge in [0.05, 0.1) is 10.8 Å².